The standard InChI is InChI=1S/C21H22N2O5S/c1-14-4-5-15(2)19(12-14)23-20(24)16(3)28-21(25)18-8-6-17(7-9-18)13-29(26,27)11-10-22/h4-9,12,16H,11,13H2,1-3H3,(H,23,24)/t16-/m0/s1. The van der Waals surface area contributed by atoms with E-state index in [9.17, 15) is 18.0 Å². The topological polar surface area (TPSA) is 113 Å². The number of esters is 1. The summed E-state index contributed by atoms with van der Waals surface area (Å²) in [6.07, 6.45) is -1.02. The number of carbonyl (C=O) groups excluding carboxylic acids is 2. The first-order valence-electron chi connectivity index (χ1n) is 8.86. The van der Waals surface area contributed by atoms with Crippen molar-refractivity contribution in [1.29, 1.82) is 5.26 Å². The van der Waals surface area contributed by atoms with Crippen molar-refractivity contribution < 1.29 is 22.7 Å². The normalized spacial score (nSPS) is 11.9. The number of amides is 1. The van der Waals surface area contributed by atoms with Crippen LogP contribution in [-0.4, -0.2) is 32.2 Å². The van der Waals surface area contributed by atoms with E-state index < -0.39 is 33.6 Å². The van der Waals surface area contributed by atoms with Crippen LogP contribution < -0.4 is 5.32 Å². The molecule has 152 valence electrons. The SMILES string of the molecule is Cc1ccc(C)c(NC(=O)[C@H](C)OC(=O)c2ccc(CS(=O)(=O)CC#N)cc2)c1. The van der Waals surface area contributed by atoms with Crippen LogP contribution in [0.15, 0.2) is 42.5 Å². The largest absolute Gasteiger partial charge is 0.449 e. The predicted molar refractivity (Wildman–Crippen MR) is 109 cm³/mol. The molecule has 0 aliphatic carbocycles. The highest BCUT2D eigenvalue weighted by Gasteiger charge is 2.20. The highest BCUT2D eigenvalue weighted by Crippen LogP contribution is 2.17. The van der Waals surface area contributed by atoms with E-state index in [0.717, 1.165) is 11.1 Å². The molecule has 0 saturated heterocycles. The van der Waals surface area contributed by atoms with Gasteiger partial charge in [0.2, 0.25) is 0 Å². The molecule has 7 nitrogen and oxygen atoms in total. The van der Waals surface area contributed by atoms with Gasteiger partial charge in [-0.25, -0.2) is 13.2 Å². The maximum atomic E-state index is 12.3. The molecule has 0 spiro atoms. The van der Waals surface area contributed by atoms with Crippen molar-refractivity contribution in [2.75, 3.05) is 11.1 Å². The van der Waals surface area contributed by atoms with E-state index in [1.807, 2.05) is 32.0 Å². The van der Waals surface area contributed by atoms with Gasteiger partial charge in [0.1, 0.15) is 5.75 Å². The molecule has 2 aromatic rings. The molecule has 1 N–H and O–H groups in total. The Morgan fingerprint density at radius 1 is 1.14 bits per heavy atom. The summed E-state index contributed by atoms with van der Waals surface area (Å²) in [6, 6.07) is 13.1. The second kappa shape index (κ2) is 9.34. The molecule has 2 aromatic carbocycles. The number of nitriles is 1. The third-order valence-electron chi connectivity index (χ3n) is 4.16. The van der Waals surface area contributed by atoms with Crippen molar-refractivity contribution in [3.63, 3.8) is 0 Å². The van der Waals surface area contributed by atoms with Crippen LogP contribution in [0.1, 0.15) is 34.0 Å². The number of ether oxygens (including phenoxy) is 1. The van der Waals surface area contributed by atoms with Gasteiger partial charge >= 0.3 is 5.97 Å². The number of sulfone groups is 1. The van der Waals surface area contributed by atoms with Gasteiger partial charge in [0.05, 0.1) is 17.4 Å². The molecule has 0 saturated carbocycles. The van der Waals surface area contributed by atoms with Crippen LogP contribution in [0.5, 0.6) is 0 Å². The molecule has 0 bridgehead atoms. The molecule has 1 atom stereocenters. The van der Waals surface area contributed by atoms with E-state index in [-0.39, 0.29) is 11.3 Å². The zero-order chi connectivity index (χ0) is 21.6. The highest BCUT2D eigenvalue weighted by molar-refractivity contribution is 7.90. The second-order valence-corrected chi connectivity index (χ2v) is 8.81. The maximum absolute atomic E-state index is 12.3. The van der Waals surface area contributed by atoms with E-state index in [2.05, 4.69) is 5.32 Å². The fraction of sp³-hybridized carbons (Fsp3) is 0.286. The number of hydrogen-bond acceptors (Lipinski definition) is 6. The van der Waals surface area contributed by atoms with Gasteiger partial charge in [-0.05, 0) is 55.7 Å². The van der Waals surface area contributed by atoms with Crippen LogP contribution in [0.4, 0.5) is 5.69 Å². The zero-order valence-electron chi connectivity index (χ0n) is 16.4. The summed E-state index contributed by atoms with van der Waals surface area (Å²) in [5.74, 6) is -2.00. The first-order chi connectivity index (χ1) is 13.6. The number of aryl methyl sites for hydroxylation is 2. The molecule has 0 fully saturated rings. The third-order valence-corrected chi connectivity index (χ3v) is 5.51. The summed E-state index contributed by atoms with van der Waals surface area (Å²) in [7, 11) is -3.51. The lowest BCUT2D eigenvalue weighted by molar-refractivity contribution is -0.123. The van der Waals surface area contributed by atoms with E-state index in [1.54, 1.807) is 6.07 Å². The lowest BCUT2D eigenvalue weighted by Gasteiger charge is -2.15. The summed E-state index contributed by atoms with van der Waals surface area (Å²) in [6.45, 7) is 5.25. The van der Waals surface area contributed by atoms with E-state index >= 15 is 0 Å². The second-order valence-electron chi connectivity index (χ2n) is 6.74. The Balaban J connectivity index is 1.99. The molecule has 2 rings (SSSR count). The van der Waals surface area contributed by atoms with E-state index in [4.69, 9.17) is 10.00 Å². The molecule has 1 amide bonds. The molecular weight excluding hydrogens is 392 g/mol. The molecule has 0 heterocycles. The summed E-state index contributed by atoms with van der Waals surface area (Å²) in [5, 5.41) is 11.3. The lowest BCUT2D eigenvalue weighted by Crippen LogP contribution is -2.30. The van der Waals surface area contributed by atoms with Crippen LogP contribution in [0.2, 0.25) is 0 Å². The molecule has 0 aliphatic rings. The zero-order valence-corrected chi connectivity index (χ0v) is 17.2. The summed E-state index contributed by atoms with van der Waals surface area (Å²) in [4.78, 5) is 24.6. The van der Waals surface area contributed by atoms with E-state index in [0.29, 0.717) is 11.3 Å². The van der Waals surface area contributed by atoms with Gasteiger partial charge in [-0.1, -0.05) is 24.3 Å². The van der Waals surface area contributed by atoms with Gasteiger partial charge in [0.15, 0.2) is 15.9 Å². The molecule has 29 heavy (non-hydrogen) atoms. The fourth-order valence-corrected chi connectivity index (χ4v) is 3.53. The molecule has 8 heteroatoms. The van der Waals surface area contributed by atoms with Crippen molar-refractivity contribution in [3.05, 3.63) is 64.7 Å². The van der Waals surface area contributed by atoms with Crippen LogP contribution in [0.25, 0.3) is 0 Å². The predicted octanol–water partition coefficient (Wildman–Crippen LogP) is 2.93. The molecule has 0 aromatic heterocycles. The van der Waals surface area contributed by atoms with Crippen molar-refractivity contribution in [1.82, 2.24) is 0 Å². The molecular formula is C21H22N2O5S. The first-order valence-corrected chi connectivity index (χ1v) is 10.7. The Morgan fingerprint density at radius 2 is 1.79 bits per heavy atom. The number of hydrogen-bond donors (Lipinski definition) is 1. The van der Waals surface area contributed by atoms with Crippen LogP contribution in [0, 0.1) is 25.2 Å². The quantitative estimate of drug-likeness (QED) is 0.697. The van der Waals surface area contributed by atoms with Gasteiger partial charge in [-0.2, -0.15) is 5.26 Å². The summed E-state index contributed by atoms with van der Waals surface area (Å²) in [5.41, 5.74) is 3.19. The van der Waals surface area contributed by atoms with Crippen molar-refractivity contribution >= 4 is 27.4 Å². The number of rotatable bonds is 7. The van der Waals surface area contributed by atoms with Crippen LogP contribution in [0.3, 0.4) is 0 Å². The van der Waals surface area contributed by atoms with Gasteiger partial charge in [-0.15, -0.1) is 0 Å². The van der Waals surface area contributed by atoms with Crippen molar-refractivity contribution in [2.24, 2.45) is 0 Å². The van der Waals surface area contributed by atoms with Gasteiger partial charge in [-0.3, -0.25) is 4.79 Å². The Bertz CT molecular complexity index is 1050. The number of carbonyl (C=O) groups is 2. The number of nitrogens with one attached hydrogen (secondary N) is 1. The minimum absolute atomic E-state index is 0.192. The Kier molecular flexibility index (Phi) is 7.13. The average Bonchev–Trinajstić information content (AvgIpc) is 2.64. The first kappa shape index (κ1) is 22.1. The van der Waals surface area contributed by atoms with Gasteiger partial charge in [0.25, 0.3) is 5.91 Å². The Hall–Kier alpha value is -3.18. The van der Waals surface area contributed by atoms with E-state index in [1.165, 1.54) is 31.2 Å². The van der Waals surface area contributed by atoms with Gasteiger partial charge < -0.3 is 10.1 Å². The monoisotopic (exact) mass is 414 g/mol. The fourth-order valence-electron chi connectivity index (χ4n) is 2.53. The van der Waals surface area contributed by atoms with Crippen molar-refractivity contribution in [3.8, 4) is 6.07 Å². The average molecular weight is 414 g/mol. The number of nitrogens with zero attached hydrogens (tertiary/aromatic N) is 1. The summed E-state index contributed by atoms with van der Waals surface area (Å²) >= 11 is 0. The minimum Gasteiger partial charge on any atom is -0.449 e. The van der Waals surface area contributed by atoms with Crippen LogP contribution in [-0.2, 0) is 25.1 Å². The molecule has 0 unspecified atom stereocenters. The van der Waals surface area contributed by atoms with Gasteiger partial charge in [0, 0.05) is 5.69 Å². The highest BCUT2D eigenvalue weighted by atomic mass is 32.2. The lowest BCUT2D eigenvalue weighted by atomic mass is 10.1. The maximum Gasteiger partial charge on any atom is 0.338 e. The molecule has 0 aliphatic heterocycles. The number of benzene rings is 2. The number of anilines is 1. The Morgan fingerprint density at radius 3 is 2.41 bits per heavy atom. The molecule has 0 radical (unpaired) electrons. The van der Waals surface area contributed by atoms with Crippen LogP contribution >= 0.6 is 0 Å². The minimum atomic E-state index is -3.51. The summed E-state index contributed by atoms with van der Waals surface area (Å²) < 4.78 is 28.6. The smallest absolute Gasteiger partial charge is 0.338 e. The third kappa shape index (κ3) is 6.43. The van der Waals surface area contributed by atoms with Crippen molar-refractivity contribution in [2.45, 2.75) is 32.6 Å². The Labute approximate surface area is 170 Å².